The molecule has 3 rings (SSSR count). The monoisotopic (exact) mass is 343 g/mol. The summed E-state index contributed by atoms with van der Waals surface area (Å²) in [7, 11) is 0. The average Bonchev–Trinajstić information content (AvgIpc) is 2.64. The summed E-state index contributed by atoms with van der Waals surface area (Å²) in [6.45, 7) is 1.81. The van der Waals surface area contributed by atoms with Gasteiger partial charge in [0, 0.05) is 11.4 Å². The highest BCUT2D eigenvalue weighted by Gasteiger charge is 2.17. The second-order valence-corrected chi connectivity index (χ2v) is 5.69. The van der Waals surface area contributed by atoms with Crippen LogP contribution in [-0.4, -0.2) is 9.97 Å². The minimum absolute atomic E-state index is 0.354. The molecule has 0 bridgehead atoms. The van der Waals surface area contributed by atoms with E-state index in [2.05, 4.69) is 27.4 Å². The van der Waals surface area contributed by atoms with E-state index in [-0.39, 0.29) is 5.82 Å². The van der Waals surface area contributed by atoms with Gasteiger partial charge in [0.1, 0.15) is 11.7 Å². The molecule has 5 nitrogen and oxygen atoms in total. The van der Waals surface area contributed by atoms with Crippen LogP contribution in [0.1, 0.15) is 28.4 Å². The largest absolute Gasteiger partial charge is 0.324 e. The zero-order valence-corrected chi connectivity index (χ0v) is 13.9. The van der Waals surface area contributed by atoms with Crippen molar-refractivity contribution < 1.29 is 4.39 Å². The fourth-order valence-electron chi connectivity index (χ4n) is 2.52. The molecular weight excluding hydrogens is 329 g/mol. The van der Waals surface area contributed by atoms with E-state index in [0.29, 0.717) is 28.5 Å². The van der Waals surface area contributed by atoms with Gasteiger partial charge in [0.05, 0.1) is 23.4 Å². The molecule has 0 radical (unpaired) electrons. The Labute approximate surface area is 150 Å². The SMILES string of the molecule is Cc1cc(C(C#N)c2ccc(F)cc2)nc(Nc2ccc(C#N)cc2)n1. The third-order valence-corrected chi connectivity index (χ3v) is 3.77. The van der Waals surface area contributed by atoms with Gasteiger partial charge >= 0.3 is 0 Å². The first kappa shape index (κ1) is 17.1. The Morgan fingerprint density at radius 3 is 2.31 bits per heavy atom. The Morgan fingerprint density at radius 1 is 1.00 bits per heavy atom. The molecule has 0 aliphatic carbocycles. The van der Waals surface area contributed by atoms with Gasteiger partial charge in [-0.3, -0.25) is 0 Å². The molecule has 0 spiro atoms. The number of benzene rings is 2. The number of aryl methyl sites for hydroxylation is 1. The van der Waals surface area contributed by atoms with Crippen molar-refractivity contribution in [1.29, 1.82) is 10.5 Å². The highest BCUT2D eigenvalue weighted by molar-refractivity contribution is 5.55. The van der Waals surface area contributed by atoms with E-state index in [9.17, 15) is 9.65 Å². The lowest BCUT2D eigenvalue weighted by Gasteiger charge is -2.12. The molecule has 1 heterocycles. The van der Waals surface area contributed by atoms with Crippen molar-refractivity contribution >= 4 is 11.6 Å². The molecule has 0 saturated carbocycles. The number of anilines is 2. The van der Waals surface area contributed by atoms with Crippen molar-refractivity contribution in [1.82, 2.24) is 9.97 Å². The smallest absolute Gasteiger partial charge is 0.227 e. The maximum atomic E-state index is 13.1. The van der Waals surface area contributed by atoms with Crippen LogP contribution in [0, 0.1) is 35.4 Å². The van der Waals surface area contributed by atoms with E-state index in [1.807, 2.05) is 6.92 Å². The van der Waals surface area contributed by atoms with Crippen LogP contribution in [0.25, 0.3) is 0 Å². The van der Waals surface area contributed by atoms with Gasteiger partial charge in [-0.15, -0.1) is 0 Å². The molecular formula is C20H14FN5. The molecule has 0 saturated heterocycles. The minimum Gasteiger partial charge on any atom is -0.324 e. The van der Waals surface area contributed by atoms with E-state index in [1.54, 1.807) is 42.5 Å². The fraction of sp³-hybridized carbons (Fsp3) is 0.100. The summed E-state index contributed by atoms with van der Waals surface area (Å²) >= 11 is 0. The van der Waals surface area contributed by atoms with Crippen LogP contribution >= 0.6 is 0 Å². The van der Waals surface area contributed by atoms with Gasteiger partial charge < -0.3 is 5.32 Å². The predicted molar refractivity (Wildman–Crippen MR) is 95.1 cm³/mol. The lowest BCUT2D eigenvalue weighted by molar-refractivity contribution is 0.627. The van der Waals surface area contributed by atoms with E-state index < -0.39 is 5.92 Å². The van der Waals surface area contributed by atoms with Crippen LogP contribution in [0.15, 0.2) is 54.6 Å². The first-order chi connectivity index (χ1) is 12.6. The normalized spacial score (nSPS) is 11.2. The minimum atomic E-state index is -0.626. The number of hydrogen-bond donors (Lipinski definition) is 1. The number of rotatable bonds is 4. The Morgan fingerprint density at radius 2 is 1.69 bits per heavy atom. The van der Waals surface area contributed by atoms with Crippen LogP contribution in [0.4, 0.5) is 16.0 Å². The van der Waals surface area contributed by atoms with Crippen LogP contribution in [0.3, 0.4) is 0 Å². The van der Waals surface area contributed by atoms with Crippen LogP contribution < -0.4 is 5.32 Å². The maximum absolute atomic E-state index is 13.1. The summed E-state index contributed by atoms with van der Waals surface area (Å²) in [6.07, 6.45) is 0. The summed E-state index contributed by atoms with van der Waals surface area (Å²) in [4.78, 5) is 8.78. The second kappa shape index (κ2) is 7.42. The molecule has 0 fully saturated rings. The van der Waals surface area contributed by atoms with Gasteiger partial charge in [0.15, 0.2) is 0 Å². The second-order valence-electron chi connectivity index (χ2n) is 5.69. The molecule has 0 amide bonds. The number of aromatic nitrogens is 2. The number of nitrogens with zero attached hydrogens (tertiary/aromatic N) is 4. The summed E-state index contributed by atoms with van der Waals surface area (Å²) < 4.78 is 13.1. The third kappa shape index (κ3) is 3.82. The van der Waals surface area contributed by atoms with Crippen molar-refractivity contribution in [2.75, 3.05) is 5.32 Å². The third-order valence-electron chi connectivity index (χ3n) is 3.77. The van der Waals surface area contributed by atoms with E-state index >= 15 is 0 Å². The van der Waals surface area contributed by atoms with Crippen molar-refractivity contribution in [3.05, 3.63) is 82.9 Å². The number of nitrogens with one attached hydrogen (secondary N) is 1. The molecule has 1 N–H and O–H groups in total. The molecule has 126 valence electrons. The molecule has 2 aromatic carbocycles. The summed E-state index contributed by atoms with van der Waals surface area (Å²) in [5.41, 5.74) is 3.19. The molecule has 6 heteroatoms. The van der Waals surface area contributed by atoms with Gasteiger partial charge in [-0.2, -0.15) is 10.5 Å². The van der Waals surface area contributed by atoms with Gasteiger partial charge in [-0.25, -0.2) is 14.4 Å². The molecule has 1 aromatic heterocycles. The highest BCUT2D eigenvalue weighted by Crippen LogP contribution is 2.25. The van der Waals surface area contributed by atoms with Gasteiger partial charge in [-0.05, 0) is 55.0 Å². The molecule has 1 unspecified atom stereocenters. The molecule has 0 aliphatic rings. The topological polar surface area (TPSA) is 85.4 Å². The Bertz CT molecular complexity index is 998. The zero-order valence-electron chi connectivity index (χ0n) is 13.9. The Hall–Kier alpha value is -3.77. The van der Waals surface area contributed by atoms with Gasteiger partial charge in [0.25, 0.3) is 0 Å². The van der Waals surface area contributed by atoms with Gasteiger partial charge in [0.2, 0.25) is 5.95 Å². The van der Waals surface area contributed by atoms with E-state index in [1.165, 1.54) is 12.1 Å². The zero-order chi connectivity index (χ0) is 18.5. The number of halogens is 1. The van der Waals surface area contributed by atoms with Crippen molar-refractivity contribution in [2.45, 2.75) is 12.8 Å². The fourth-order valence-corrected chi connectivity index (χ4v) is 2.52. The quantitative estimate of drug-likeness (QED) is 0.767. The lowest BCUT2D eigenvalue weighted by atomic mass is 9.96. The van der Waals surface area contributed by atoms with Crippen LogP contribution in [-0.2, 0) is 0 Å². The first-order valence-electron chi connectivity index (χ1n) is 7.87. The molecule has 1 atom stereocenters. The average molecular weight is 343 g/mol. The van der Waals surface area contributed by atoms with Crippen molar-refractivity contribution in [2.24, 2.45) is 0 Å². The van der Waals surface area contributed by atoms with Crippen LogP contribution in [0.5, 0.6) is 0 Å². The Kier molecular flexibility index (Phi) is 4.87. The van der Waals surface area contributed by atoms with Crippen molar-refractivity contribution in [3.8, 4) is 12.1 Å². The predicted octanol–water partition coefficient (Wildman–Crippen LogP) is 4.19. The molecule has 0 aliphatic heterocycles. The van der Waals surface area contributed by atoms with Crippen molar-refractivity contribution in [3.63, 3.8) is 0 Å². The van der Waals surface area contributed by atoms with Gasteiger partial charge in [-0.1, -0.05) is 12.1 Å². The molecule has 26 heavy (non-hydrogen) atoms. The number of hydrogen-bond acceptors (Lipinski definition) is 5. The first-order valence-corrected chi connectivity index (χ1v) is 7.87. The molecule has 3 aromatic rings. The van der Waals surface area contributed by atoms with E-state index in [0.717, 1.165) is 5.69 Å². The van der Waals surface area contributed by atoms with E-state index in [4.69, 9.17) is 5.26 Å². The summed E-state index contributed by atoms with van der Waals surface area (Å²) in [6, 6.07) is 18.7. The van der Waals surface area contributed by atoms with Crippen LogP contribution in [0.2, 0.25) is 0 Å². The summed E-state index contributed by atoms with van der Waals surface area (Å²) in [5.74, 6) is -0.627. The lowest BCUT2D eigenvalue weighted by Crippen LogP contribution is -2.06. The maximum Gasteiger partial charge on any atom is 0.227 e. The Balaban J connectivity index is 1.92. The number of nitriles is 2. The standard InChI is InChI=1S/C20H14FN5/c1-13-10-19(18(12-23)15-4-6-16(21)7-5-15)26-20(24-13)25-17-8-2-14(11-22)3-9-17/h2-10,18H,1H3,(H,24,25,26). The summed E-state index contributed by atoms with van der Waals surface area (Å²) in [5, 5.41) is 21.5. The highest BCUT2D eigenvalue weighted by atomic mass is 19.1.